The highest BCUT2D eigenvalue weighted by molar-refractivity contribution is 5.88. The molecule has 89 heavy (non-hydrogen) atoms. The standard InChI is InChI=1S/C55H99N13O21/c1-39(69)33-66(34-49(75)76)23-25-68(26-24-67(35-50(77)78)36-51(79)80)43(55(84)85)16-17-45(71)60-18-8-6-13-42(54(83)64-20-9-5-12-41(59-3)53(57)82)65-46(72)15-10-14-44(70)62-21-27-86-29-32-89-38-48(74)63-22-28-87-30-31-88-37-47(73)61-19-7-4-11-40(58-2)52(56)81/h40-43,58-59,69H,1,4-38H2,2-3H3,(H2,56,81)(H2,57,82)(H,60,71)(H,61,73)(H,62,70)(H,63,74)(H,64,83)(H,65,72)(H,75,76)(H,77,78)(H,79,80)(H,84,85)/t40-,41+,42-,43-/m0/s1. The number of amides is 8. The molecular weight excluding hydrogens is 1180 g/mol. The molecule has 34 nitrogen and oxygen atoms in total. The van der Waals surface area contributed by atoms with E-state index < -0.39 is 97.2 Å². The van der Waals surface area contributed by atoms with E-state index >= 15 is 0 Å². The molecule has 0 heterocycles. The number of carbonyl (C=O) groups excluding carboxylic acids is 8. The lowest BCUT2D eigenvalue weighted by molar-refractivity contribution is -0.146. The van der Waals surface area contributed by atoms with Gasteiger partial charge in [0.25, 0.3) is 0 Å². The quantitative estimate of drug-likeness (QED) is 0.0201. The maximum Gasteiger partial charge on any atom is 0.320 e. The van der Waals surface area contributed by atoms with E-state index in [2.05, 4.69) is 49.1 Å². The smallest absolute Gasteiger partial charge is 0.320 e. The molecule has 0 radical (unpaired) electrons. The fourth-order valence-electron chi connectivity index (χ4n) is 8.54. The average Bonchev–Trinajstić information content (AvgIpc) is 2.99. The molecule has 8 amide bonds. The van der Waals surface area contributed by atoms with Crippen molar-refractivity contribution in [1.29, 1.82) is 0 Å². The van der Waals surface area contributed by atoms with Gasteiger partial charge in [-0.1, -0.05) is 6.58 Å². The van der Waals surface area contributed by atoms with Gasteiger partial charge in [-0.15, -0.1) is 0 Å². The van der Waals surface area contributed by atoms with E-state index in [4.69, 9.17) is 30.4 Å². The number of ether oxygens (including phenoxy) is 4. The molecule has 34 heteroatoms. The van der Waals surface area contributed by atoms with Crippen LogP contribution in [0.15, 0.2) is 12.3 Å². The highest BCUT2D eigenvalue weighted by Crippen LogP contribution is 2.12. The summed E-state index contributed by atoms with van der Waals surface area (Å²) in [6.07, 6.45) is 3.78. The predicted octanol–water partition coefficient (Wildman–Crippen LogP) is -4.59. The van der Waals surface area contributed by atoms with Crippen LogP contribution in [-0.2, 0) is 76.5 Å². The number of likely N-dealkylation sites (N-methyl/N-ethyl adjacent to an activating group) is 2. The Morgan fingerprint density at radius 1 is 0.427 bits per heavy atom. The van der Waals surface area contributed by atoms with Gasteiger partial charge in [-0.3, -0.25) is 72.2 Å². The number of aliphatic carboxylic acids is 4. The Labute approximate surface area is 518 Å². The number of primary amides is 2. The van der Waals surface area contributed by atoms with E-state index in [0.717, 1.165) is 4.90 Å². The van der Waals surface area contributed by atoms with E-state index in [1.54, 1.807) is 14.1 Å². The first kappa shape index (κ1) is 81.8. The summed E-state index contributed by atoms with van der Waals surface area (Å²) in [4.78, 5) is 149. The number of carbonyl (C=O) groups is 12. The molecule has 510 valence electrons. The van der Waals surface area contributed by atoms with Crippen molar-refractivity contribution in [3.8, 4) is 0 Å². The maximum atomic E-state index is 13.4. The third-order valence-corrected chi connectivity index (χ3v) is 13.2. The van der Waals surface area contributed by atoms with Gasteiger partial charge in [0.2, 0.25) is 47.3 Å². The lowest BCUT2D eigenvalue weighted by Gasteiger charge is -2.32. The number of carboxylic acids is 4. The minimum absolute atomic E-state index is 0.00365. The van der Waals surface area contributed by atoms with Gasteiger partial charge in [0.15, 0.2) is 0 Å². The van der Waals surface area contributed by atoms with Crippen molar-refractivity contribution < 1.29 is 102 Å². The van der Waals surface area contributed by atoms with Crippen LogP contribution in [-0.4, -0.2) is 288 Å². The second-order valence-electron chi connectivity index (χ2n) is 20.6. The van der Waals surface area contributed by atoms with Gasteiger partial charge in [-0.25, -0.2) is 0 Å². The Morgan fingerprint density at radius 2 is 0.820 bits per heavy atom. The second kappa shape index (κ2) is 51.7. The first-order chi connectivity index (χ1) is 42.4. The van der Waals surface area contributed by atoms with Crippen LogP contribution in [0.3, 0.4) is 0 Å². The number of aliphatic hydroxyl groups excluding tert-OH is 1. The SMILES string of the molecule is C=C(O)CN(CCN(CCN(CC(=O)O)CC(=O)O)[C@@H](CCC(=O)NCCCC[C@H](NC(=O)CCCC(=O)NCCOCCOCC(=O)NCCOCCOCC(=O)NCCCC[C@H](NC)C(N)=O)C(=O)NCCCC[C@@H](NC)C(N)=O)C(=O)O)CC(=O)O. The van der Waals surface area contributed by atoms with Crippen LogP contribution < -0.4 is 54.0 Å². The number of carboxylic acid groups (broad SMARTS) is 4. The van der Waals surface area contributed by atoms with Gasteiger partial charge >= 0.3 is 23.9 Å². The van der Waals surface area contributed by atoms with Gasteiger partial charge in [-0.05, 0) is 84.7 Å². The summed E-state index contributed by atoms with van der Waals surface area (Å²) >= 11 is 0. The van der Waals surface area contributed by atoms with Gasteiger partial charge in [0.1, 0.15) is 25.3 Å². The van der Waals surface area contributed by atoms with Crippen LogP contribution in [0.2, 0.25) is 0 Å². The molecule has 0 bridgehead atoms. The largest absolute Gasteiger partial charge is 0.512 e. The predicted molar refractivity (Wildman–Crippen MR) is 320 cm³/mol. The lowest BCUT2D eigenvalue weighted by atomic mass is 10.1. The Morgan fingerprint density at radius 3 is 1.26 bits per heavy atom. The highest BCUT2D eigenvalue weighted by atomic mass is 16.5. The van der Waals surface area contributed by atoms with Crippen LogP contribution in [0.5, 0.6) is 0 Å². The average molecular weight is 1280 g/mol. The molecule has 0 saturated heterocycles. The molecule has 0 rings (SSSR count). The lowest BCUT2D eigenvalue weighted by Crippen LogP contribution is -2.50. The van der Waals surface area contributed by atoms with Gasteiger partial charge in [-0.2, -0.15) is 0 Å². The summed E-state index contributed by atoms with van der Waals surface area (Å²) in [6, 6.07) is -3.30. The topological polar surface area (TPSA) is 501 Å². The van der Waals surface area contributed by atoms with E-state index in [1.165, 1.54) is 9.80 Å². The molecule has 0 aliphatic carbocycles. The van der Waals surface area contributed by atoms with Crippen molar-refractivity contribution in [2.24, 2.45) is 11.5 Å². The molecule has 0 aromatic heterocycles. The molecule has 17 N–H and O–H groups in total. The van der Waals surface area contributed by atoms with Crippen molar-refractivity contribution >= 4 is 71.1 Å². The maximum absolute atomic E-state index is 13.4. The normalized spacial score (nSPS) is 12.6. The number of nitrogens with two attached hydrogens (primary N) is 2. The molecule has 0 aliphatic heterocycles. The number of aliphatic hydroxyl groups is 1. The van der Waals surface area contributed by atoms with Gasteiger partial charge in [0, 0.05) is 78.2 Å². The number of hydrogen-bond acceptors (Lipinski definition) is 22. The summed E-state index contributed by atoms with van der Waals surface area (Å²) in [7, 11) is 3.26. The van der Waals surface area contributed by atoms with Crippen LogP contribution >= 0.6 is 0 Å². The Bertz CT molecular complexity index is 2090. The summed E-state index contributed by atoms with van der Waals surface area (Å²) in [5.41, 5.74) is 10.7. The number of rotatable bonds is 60. The highest BCUT2D eigenvalue weighted by Gasteiger charge is 2.29. The summed E-state index contributed by atoms with van der Waals surface area (Å²) in [5, 5.41) is 69.9. The minimum Gasteiger partial charge on any atom is -0.512 e. The van der Waals surface area contributed by atoms with Crippen LogP contribution in [0.25, 0.3) is 0 Å². The molecule has 0 unspecified atom stereocenters. The molecule has 0 aromatic carbocycles. The third-order valence-electron chi connectivity index (χ3n) is 13.2. The van der Waals surface area contributed by atoms with Crippen molar-refractivity contribution in [1.82, 2.24) is 57.2 Å². The fourth-order valence-corrected chi connectivity index (χ4v) is 8.54. The van der Waals surface area contributed by atoms with Crippen LogP contribution in [0, 0.1) is 0 Å². The minimum atomic E-state index is -1.37. The van der Waals surface area contributed by atoms with Crippen molar-refractivity contribution in [3.05, 3.63) is 12.3 Å². The third kappa shape index (κ3) is 46.6. The Balaban J connectivity index is 4.96. The van der Waals surface area contributed by atoms with Crippen LogP contribution in [0.4, 0.5) is 0 Å². The molecule has 0 aliphatic rings. The van der Waals surface area contributed by atoms with Crippen molar-refractivity contribution in [2.75, 3.05) is 152 Å². The van der Waals surface area contributed by atoms with Crippen molar-refractivity contribution in [2.45, 2.75) is 114 Å². The van der Waals surface area contributed by atoms with E-state index in [0.29, 0.717) is 57.9 Å². The Hall–Kier alpha value is -7.18. The number of unbranched alkanes of at least 4 members (excludes halogenated alkanes) is 3. The fraction of sp³-hybridized carbons (Fsp3) is 0.745. The molecular formula is C55H99N13O21. The summed E-state index contributed by atoms with van der Waals surface area (Å²) < 4.78 is 21.4. The molecule has 0 spiro atoms. The number of nitrogens with one attached hydrogen (secondary N) is 8. The zero-order chi connectivity index (χ0) is 66.8. The molecule has 0 saturated carbocycles. The first-order valence-electron chi connectivity index (χ1n) is 29.7. The monoisotopic (exact) mass is 1280 g/mol. The zero-order valence-electron chi connectivity index (χ0n) is 51.5. The second-order valence-corrected chi connectivity index (χ2v) is 20.6. The van der Waals surface area contributed by atoms with Gasteiger partial charge in [0.05, 0.1) is 83.7 Å². The van der Waals surface area contributed by atoms with E-state index in [-0.39, 0.29) is 174 Å². The zero-order valence-corrected chi connectivity index (χ0v) is 51.5. The Kier molecular flexibility index (Phi) is 47.5. The summed E-state index contributed by atoms with van der Waals surface area (Å²) in [5.74, 6) is -9.04. The number of nitrogens with zero attached hydrogens (tertiary/aromatic N) is 3. The van der Waals surface area contributed by atoms with E-state index in [9.17, 15) is 83.1 Å². The van der Waals surface area contributed by atoms with E-state index in [1.807, 2.05) is 0 Å². The summed E-state index contributed by atoms with van der Waals surface area (Å²) in [6.45, 7) is 2.41. The van der Waals surface area contributed by atoms with Gasteiger partial charge < -0.3 is 98.5 Å². The van der Waals surface area contributed by atoms with Crippen LogP contribution in [0.1, 0.15) is 89.9 Å². The molecule has 0 fully saturated rings. The first-order valence-corrected chi connectivity index (χ1v) is 29.7. The molecule has 4 atom stereocenters. The van der Waals surface area contributed by atoms with Crippen molar-refractivity contribution in [3.63, 3.8) is 0 Å². The number of hydrogen-bond donors (Lipinski definition) is 15. The molecule has 0 aromatic rings.